The quantitative estimate of drug-likeness (QED) is 0.484. The molecule has 0 saturated heterocycles. The number of nitrogen functional groups attached to an aromatic ring is 1. The zero-order valence-corrected chi connectivity index (χ0v) is 17.2. The lowest BCUT2D eigenvalue weighted by Gasteiger charge is -2.06. The van der Waals surface area contributed by atoms with E-state index in [0.717, 1.165) is 5.39 Å². The minimum absolute atomic E-state index is 0.167. The molecule has 0 fully saturated rings. The van der Waals surface area contributed by atoms with Crippen molar-refractivity contribution in [2.24, 2.45) is 0 Å². The SMILES string of the molecule is CCOC(=O)c1sc2nc(COC(=O)c3ccc4ccccc4n3)nc(N)c2c1C. The van der Waals surface area contributed by atoms with Crippen molar-refractivity contribution in [3.8, 4) is 0 Å². The summed E-state index contributed by atoms with van der Waals surface area (Å²) in [4.78, 5) is 38.4. The Hall–Kier alpha value is -3.59. The number of anilines is 1. The van der Waals surface area contributed by atoms with Crippen molar-refractivity contribution in [2.75, 3.05) is 12.3 Å². The molecule has 0 aliphatic heterocycles. The van der Waals surface area contributed by atoms with Crippen molar-refractivity contribution < 1.29 is 19.1 Å². The molecule has 9 heteroatoms. The molecule has 0 bridgehead atoms. The monoisotopic (exact) mass is 422 g/mol. The number of thiophene rings is 1. The van der Waals surface area contributed by atoms with Gasteiger partial charge in [-0.05, 0) is 31.5 Å². The van der Waals surface area contributed by atoms with Gasteiger partial charge in [-0.15, -0.1) is 11.3 Å². The third kappa shape index (κ3) is 3.67. The third-order valence-corrected chi connectivity index (χ3v) is 5.63. The molecule has 3 aromatic heterocycles. The summed E-state index contributed by atoms with van der Waals surface area (Å²) in [5.41, 5.74) is 7.65. The van der Waals surface area contributed by atoms with Crippen molar-refractivity contribution in [1.82, 2.24) is 15.0 Å². The molecule has 4 rings (SSSR count). The average molecular weight is 422 g/mol. The zero-order valence-electron chi connectivity index (χ0n) is 16.3. The molecule has 8 nitrogen and oxygen atoms in total. The van der Waals surface area contributed by atoms with Crippen molar-refractivity contribution in [3.63, 3.8) is 0 Å². The van der Waals surface area contributed by atoms with E-state index < -0.39 is 11.9 Å². The fraction of sp³-hybridized carbons (Fsp3) is 0.190. The topological polar surface area (TPSA) is 117 Å². The number of aryl methyl sites for hydroxylation is 1. The fourth-order valence-electron chi connectivity index (χ4n) is 3.06. The number of pyridine rings is 1. The van der Waals surface area contributed by atoms with Gasteiger partial charge < -0.3 is 15.2 Å². The summed E-state index contributed by atoms with van der Waals surface area (Å²) in [7, 11) is 0. The second kappa shape index (κ2) is 8.03. The van der Waals surface area contributed by atoms with Crippen LogP contribution in [-0.4, -0.2) is 33.5 Å². The van der Waals surface area contributed by atoms with Gasteiger partial charge in [0.15, 0.2) is 12.4 Å². The molecule has 30 heavy (non-hydrogen) atoms. The van der Waals surface area contributed by atoms with Gasteiger partial charge >= 0.3 is 11.9 Å². The van der Waals surface area contributed by atoms with Crippen molar-refractivity contribution in [3.05, 3.63) is 58.4 Å². The summed E-state index contributed by atoms with van der Waals surface area (Å²) in [6, 6.07) is 10.9. The second-order valence-corrected chi connectivity index (χ2v) is 7.45. The third-order valence-electron chi connectivity index (χ3n) is 4.47. The van der Waals surface area contributed by atoms with Crippen LogP contribution in [0.3, 0.4) is 0 Å². The number of nitrogens with zero attached hydrogens (tertiary/aromatic N) is 3. The van der Waals surface area contributed by atoms with Gasteiger partial charge in [0.05, 0.1) is 17.5 Å². The molecular weight excluding hydrogens is 404 g/mol. The molecule has 2 N–H and O–H groups in total. The Morgan fingerprint density at radius 1 is 1.03 bits per heavy atom. The number of aromatic nitrogens is 3. The normalized spacial score (nSPS) is 11.0. The lowest BCUT2D eigenvalue weighted by atomic mass is 10.2. The number of para-hydroxylation sites is 1. The number of fused-ring (bicyclic) bond motifs is 2. The van der Waals surface area contributed by atoms with Gasteiger partial charge in [-0.25, -0.2) is 24.5 Å². The second-order valence-electron chi connectivity index (χ2n) is 6.45. The molecule has 0 saturated carbocycles. The van der Waals surface area contributed by atoms with Crippen LogP contribution in [0, 0.1) is 6.92 Å². The minimum Gasteiger partial charge on any atom is -0.462 e. The van der Waals surface area contributed by atoms with E-state index >= 15 is 0 Å². The number of carbonyl (C=O) groups is 2. The predicted octanol–water partition coefficient (Wildman–Crippen LogP) is 3.66. The van der Waals surface area contributed by atoms with E-state index in [4.69, 9.17) is 15.2 Å². The van der Waals surface area contributed by atoms with E-state index in [1.54, 1.807) is 19.9 Å². The first kappa shape index (κ1) is 19.7. The van der Waals surface area contributed by atoms with Crippen LogP contribution in [-0.2, 0) is 16.1 Å². The Labute approximate surface area is 175 Å². The largest absolute Gasteiger partial charge is 0.462 e. The van der Waals surface area contributed by atoms with Crippen LogP contribution >= 0.6 is 11.3 Å². The molecule has 0 atom stereocenters. The number of carbonyl (C=O) groups excluding carboxylic acids is 2. The molecule has 4 aromatic rings. The first-order chi connectivity index (χ1) is 14.5. The van der Waals surface area contributed by atoms with E-state index in [2.05, 4.69) is 15.0 Å². The maximum absolute atomic E-state index is 12.4. The summed E-state index contributed by atoms with van der Waals surface area (Å²) < 4.78 is 10.4. The Bertz CT molecular complexity index is 1280. The highest BCUT2D eigenvalue weighted by Gasteiger charge is 2.21. The summed E-state index contributed by atoms with van der Waals surface area (Å²) in [5.74, 6) is -0.546. The highest BCUT2D eigenvalue weighted by molar-refractivity contribution is 7.20. The summed E-state index contributed by atoms with van der Waals surface area (Å²) in [6.45, 7) is 3.62. The smallest absolute Gasteiger partial charge is 0.357 e. The van der Waals surface area contributed by atoms with Gasteiger partial charge in [-0.2, -0.15) is 0 Å². The van der Waals surface area contributed by atoms with E-state index in [0.29, 0.717) is 26.2 Å². The Kier molecular flexibility index (Phi) is 5.28. The summed E-state index contributed by atoms with van der Waals surface area (Å²) in [6.07, 6.45) is 0. The predicted molar refractivity (Wildman–Crippen MR) is 113 cm³/mol. The first-order valence-electron chi connectivity index (χ1n) is 9.23. The number of benzene rings is 1. The highest BCUT2D eigenvalue weighted by Crippen LogP contribution is 2.33. The number of hydrogen-bond donors (Lipinski definition) is 1. The molecule has 0 radical (unpaired) electrons. The lowest BCUT2D eigenvalue weighted by Crippen LogP contribution is -2.10. The van der Waals surface area contributed by atoms with Gasteiger partial charge in [0, 0.05) is 5.39 Å². The molecule has 0 aliphatic rings. The zero-order chi connectivity index (χ0) is 21.3. The molecule has 152 valence electrons. The number of nitrogens with two attached hydrogens (primary N) is 1. The molecule has 0 aliphatic carbocycles. The van der Waals surface area contributed by atoms with Crippen LogP contribution in [0.5, 0.6) is 0 Å². The maximum atomic E-state index is 12.4. The standard InChI is InChI=1S/C21H18N4O4S/c1-3-28-21(27)17-11(2)16-18(22)24-15(25-19(16)30-17)10-29-20(26)14-9-8-12-6-4-5-7-13(12)23-14/h4-9H,3,10H2,1-2H3,(H2,22,24,25). The summed E-state index contributed by atoms with van der Waals surface area (Å²) >= 11 is 1.17. The molecule has 0 unspecified atom stereocenters. The average Bonchev–Trinajstić information content (AvgIpc) is 3.08. The van der Waals surface area contributed by atoms with Crippen LogP contribution in [0.4, 0.5) is 5.82 Å². The lowest BCUT2D eigenvalue weighted by molar-refractivity contribution is 0.0455. The number of esters is 2. The molecule has 0 amide bonds. The Morgan fingerprint density at radius 2 is 1.83 bits per heavy atom. The maximum Gasteiger partial charge on any atom is 0.357 e. The number of ether oxygens (including phenoxy) is 2. The van der Waals surface area contributed by atoms with Gasteiger partial charge in [0.25, 0.3) is 0 Å². The van der Waals surface area contributed by atoms with Crippen LogP contribution in [0.2, 0.25) is 0 Å². The van der Waals surface area contributed by atoms with Gasteiger partial charge in [0.2, 0.25) is 0 Å². The van der Waals surface area contributed by atoms with Crippen molar-refractivity contribution in [2.45, 2.75) is 20.5 Å². The first-order valence-corrected chi connectivity index (χ1v) is 10.0. The Morgan fingerprint density at radius 3 is 2.63 bits per heavy atom. The van der Waals surface area contributed by atoms with Crippen LogP contribution in [0.1, 0.15) is 38.5 Å². The van der Waals surface area contributed by atoms with E-state index in [1.807, 2.05) is 30.3 Å². The molecule has 1 aromatic carbocycles. The van der Waals surface area contributed by atoms with Crippen molar-refractivity contribution >= 4 is 50.2 Å². The fourth-order valence-corrected chi connectivity index (χ4v) is 4.16. The van der Waals surface area contributed by atoms with Gasteiger partial charge in [-0.1, -0.05) is 24.3 Å². The molecular formula is C21H18N4O4S. The van der Waals surface area contributed by atoms with Crippen LogP contribution < -0.4 is 5.73 Å². The van der Waals surface area contributed by atoms with Gasteiger partial charge in [-0.3, -0.25) is 0 Å². The van der Waals surface area contributed by atoms with Gasteiger partial charge in [0.1, 0.15) is 21.2 Å². The minimum atomic E-state index is -0.586. The number of hydrogen-bond acceptors (Lipinski definition) is 9. The van der Waals surface area contributed by atoms with Crippen molar-refractivity contribution in [1.29, 1.82) is 0 Å². The van der Waals surface area contributed by atoms with E-state index in [-0.39, 0.29) is 30.5 Å². The van der Waals surface area contributed by atoms with Crippen LogP contribution in [0.25, 0.3) is 21.1 Å². The Balaban J connectivity index is 1.56. The number of rotatable bonds is 5. The summed E-state index contributed by atoms with van der Waals surface area (Å²) in [5, 5.41) is 1.54. The highest BCUT2D eigenvalue weighted by atomic mass is 32.1. The van der Waals surface area contributed by atoms with Crippen LogP contribution in [0.15, 0.2) is 36.4 Å². The molecule has 3 heterocycles. The molecule has 0 spiro atoms. The van der Waals surface area contributed by atoms with E-state index in [1.165, 1.54) is 11.3 Å². The van der Waals surface area contributed by atoms with E-state index in [9.17, 15) is 9.59 Å².